The largest absolute Gasteiger partial charge is 0.508 e. The predicted octanol–water partition coefficient (Wildman–Crippen LogP) is -1.14. The highest BCUT2D eigenvalue weighted by Gasteiger charge is 2.30. The normalized spacial score (nSPS) is 14.7. The average molecular weight is 453 g/mol. The number of carbonyl (C=O) groups is 4. The smallest absolute Gasteiger partial charge is 0.326 e. The van der Waals surface area contributed by atoms with Crippen molar-refractivity contribution in [3.8, 4) is 5.75 Å². The van der Waals surface area contributed by atoms with Crippen molar-refractivity contribution >= 4 is 23.7 Å². The van der Waals surface area contributed by atoms with Gasteiger partial charge in [-0.2, -0.15) is 0 Å². The van der Waals surface area contributed by atoms with Crippen LogP contribution < -0.4 is 21.7 Å². The molecule has 0 fully saturated rings. The summed E-state index contributed by atoms with van der Waals surface area (Å²) in [5.41, 5.74) is 6.17. The van der Waals surface area contributed by atoms with Crippen LogP contribution in [0.3, 0.4) is 0 Å². The summed E-state index contributed by atoms with van der Waals surface area (Å²) in [6, 6.07) is 1.33. The van der Waals surface area contributed by atoms with Crippen LogP contribution >= 0.6 is 0 Å². The Bertz CT molecular complexity index is 796. The third-order valence-electron chi connectivity index (χ3n) is 4.56. The summed E-state index contributed by atoms with van der Waals surface area (Å²) in [7, 11) is 0. The molecule has 0 aliphatic heterocycles. The number of carbonyl (C=O) groups excluding carboxylic acids is 3. The van der Waals surface area contributed by atoms with Gasteiger partial charge in [0.2, 0.25) is 17.7 Å². The van der Waals surface area contributed by atoms with E-state index < -0.39 is 54.5 Å². The SMILES string of the molecule is CC(C)CC(NC(=O)C(CO)NC(=O)C(Cc1ccc(O)cc1)NC(=O)C(C)N)C(=O)O. The molecule has 4 unspecified atom stereocenters. The molecule has 0 aliphatic carbocycles. The van der Waals surface area contributed by atoms with Gasteiger partial charge in [0, 0.05) is 6.42 Å². The average Bonchev–Trinajstić information content (AvgIpc) is 2.71. The van der Waals surface area contributed by atoms with Crippen LogP contribution in [-0.2, 0) is 25.6 Å². The minimum absolute atomic E-state index is 0.0123. The highest BCUT2D eigenvalue weighted by molar-refractivity contribution is 5.94. The zero-order valence-electron chi connectivity index (χ0n) is 18.4. The van der Waals surface area contributed by atoms with Crippen LogP contribution in [0.15, 0.2) is 24.3 Å². The molecule has 3 amide bonds. The molecule has 11 nitrogen and oxygen atoms in total. The molecule has 0 bridgehead atoms. The van der Waals surface area contributed by atoms with Crippen LogP contribution in [0.5, 0.6) is 5.75 Å². The fourth-order valence-corrected chi connectivity index (χ4v) is 2.81. The van der Waals surface area contributed by atoms with Gasteiger partial charge in [-0.05, 0) is 37.0 Å². The molecule has 0 saturated carbocycles. The molecule has 1 aromatic carbocycles. The van der Waals surface area contributed by atoms with E-state index in [1.165, 1.54) is 19.1 Å². The van der Waals surface area contributed by atoms with Crippen LogP contribution in [0.1, 0.15) is 32.8 Å². The molecule has 4 atom stereocenters. The minimum atomic E-state index is -1.42. The van der Waals surface area contributed by atoms with Gasteiger partial charge in [-0.25, -0.2) is 4.79 Å². The zero-order chi connectivity index (χ0) is 24.4. The van der Waals surface area contributed by atoms with Crippen molar-refractivity contribution < 1.29 is 34.5 Å². The van der Waals surface area contributed by atoms with Crippen LogP contribution in [0.4, 0.5) is 0 Å². The van der Waals surface area contributed by atoms with E-state index in [0.717, 1.165) is 0 Å². The van der Waals surface area contributed by atoms with E-state index >= 15 is 0 Å². The number of hydrogen-bond acceptors (Lipinski definition) is 7. The molecular formula is C21H32N4O7. The monoisotopic (exact) mass is 452 g/mol. The van der Waals surface area contributed by atoms with Crippen LogP contribution in [0.2, 0.25) is 0 Å². The van der Waals surface area contributed by atoms with Gasteiger partial charge in [-0.1, -0.05) is 26.0 Å². The van der Waals surface area contributed by atoms with Crippen molar-refractivity contribution in [3.05, 3.63) is 29.8 Å². The number of amides is 3. The maximum Gasteiger partial charge on any atom is 0.326 e. The number of carboxylic acids is 1. The maximum atomic E-state index is 12.8. The topological polar surface area (TPSA) is 191 Å². The molecule has 11 heteroatoms. The van der Waals surface area contributed by atoms with Gasteiger partial charge in [-0.3, -0.25) is 14.4 Å². The van der Waals surface area contributed by atoms with Gasteiger partial charge in [0.15, 0.2) is 0 Å². The molecule has 0 spiro atoms. The van der Waals surface area contributed by atoms with Gasteiger partial charge in [-0.15, -0.1) is 0 Å². The quantitative estimate of drug-likeness (QED) is 0.207. The number of benzene rings is 1. The van der Waals surface area contributed by atoms with Gasteiger partial charge in [0.25, 0.3) is 0 Å². The van der Waals surface area contributed by atoms with E-state index in [4.69, 9.17) is 5.73 Å². The Morgan fingerprint density at radius 3 is 1.84 bits per heavy atom. The highest BCUT2D eigenvalue weighted by atomic mass is 16.4. The Kier molecular flexibility index (Phi) is 10.6. The van der Waals surface area contributed by atoms with E-state index in [2.05, 4.69) is 16.0 Å². The third-order valence-corrected chi connectivity index (χ3v) is 4.56. The van der Waals surface area contributed by atoms with E-state index in [1.807, 2.05) is 0 Å². The zero-order valence-corrected chi connectivity index (χ0v) is 18.4. The molecule has 0 radical (unpaired) electrons. The predicted molar refractivity (Wildman–Crippen MR) is 115 cm³/mol. The van der Waals surface area contributed by atoms with Gasteiger partial charge in [0.1, 0.15) is 23.9 Å². The standard InChI is InChI=1S/C21H32N4O7/c1-11(2)8-16(21(31)32)24-20(30)17(10-26)25-19(29)15(23-18(28)12(3)22)9-13-4-6-14(27)7-5-13/h4-7,11-12,15-17,26-27H,8-10,22H2,1-3H3,(H,23,28)(H,24,30)(H,25,29)(H,31,32). The maximum absolute atomic E-state index is 12.8. The Morgan fingerprint density at radius 2 is 1.38 bits per heavy atom. The number of aliphatic hydroxyl groups is 1. The summed E-state index contributed by atoms with van der Waals surface area (Å²) in [5, 5.41) is 35.4. The van der Waals surface area contributed by atoms with Crippen molar-refractivity contribution in [1.29, 1.82) is 0 Å². The molecule has 32 heavy (non-hydrogen) atoms. The molecule has 178 valence electrons. The number of aliphatic carboxylic acids is 1. The number of rotatable bonds is 12. The second kappa shape index (κ2) is 12.6. The van der Waals surface area contributed by atoms with Crippen molar-refractivity contribution in [2.45, 2.75) is 57.8 Å². The number of phenols is 1. The van der Waals surface area contributed by atoms with Crippen molar-refractivity contribution in [1.82, 2.24) is 16.0 Å². The number of aliphatic hydroxyl groups excluding tert-OH is 1. The third kappa shape index (κ3) is 8.90. The van der Waals surface area contributed by atoms with E-state index in [1.54, 1.807) is 26.0 Å². The summed E-state index contributed by atoms with van der Waals surface area (Å²) >= 11 is 0. The lowest BCUT2D eigenvalue weighted by molar-refractivity contribution is -0.143. The molecule has 0 saturated heterocycles. The van der Waals surface area contributed by atoms with E-state index in [9.17, 15) is 34.5 Å². The van der Waals surface area contributed by atoms with E-state index in [0.29, 0.717) is 5.56 Å². The summed E-state index contributed by atoms with van der Waals surface area (Å²) in [5.74, 6) is -3.45. The number of phenolic OH excluding ortho intramolecular Hbond substituents is 1. The first-order valence-electron chi connectivity index (χ1n) is 10.2. The van der Waals surface area contributed by atoms with Crippen LogP contribution in [0, 0.1) is 5.92 Å². The number of aromatic hydroxyl groups is 1. The first kappa shape index (κ1) is 26.9. The van der Waals surface area contributed by atoms with Crippen LogP contribution in [0.25, 0.3) is 0 Å². The lowest BCUT2D eigenvalue weighted by Crippen LogP contribution is -2.58. The molecular weight excluding hydrogens is 420 g/mol. The summed E-state index contributed by atoms with van der Waals surface area (Å²) in [6.45, 7) is 4.25. The first-order chi connectivity index (χ1) is 14.9. The molecule has 1 rings (SSSR count). The lowest BCUT2D eigenvalue weighted by atomic mass is 10.0. The Morgan fingerprint density at radius 1 is 0.875 bits per heavy atom. The van der Waals surface area contributed by atoms with Crippen LogP contribution in [-0.4, -0.2) is 69.8 Å². The van der Waals surface area contributed by atoms with Crippen molar-refractivity contribution in [3.63, 3.8) is 0 Å². The van der Waals surface area contributed by atoms with Crippen molar-refractivity contribution in [2.24, 2.45) is 11.7 Å². The first-order valence-corrected chi connectivity index (χ1v) is 10.2. The molecule has 0 aromatic heterocycles. The number of carboxylic acid groups (broad SMARTS) is 1. The number of nitrogens with one attached hydrogen (secondary N) is 3. The second-order valence-electron chi connectivity index (χ2n) is 7.99. The fraction of sp³-hybridized carbons (Fsp3) is 0.524. The molecule has 0 aliphatic rings. The Balaban J connectivity index is 2.95. The van der Waals surface area contributed by atoms with E-state index in [-0.39, 0.29) is 24.5 Å². The number of hydrogen-bond donors (Lipinski definition) is 7. The molecule has 1 aromatic rings. The van der Waals surface area contributed by atoms with Gasteiger partial charge < -0.3 is 37.0 Å². The fourth-order valence-electron chi connectivity index (χ4n) is 2.81. The summed E-state index contributed by atoms with van der Waals surface area (Å²) < 4.78 is 0. The van der Waals surface area contributed by atoms with Crippen molar-refractivity contribution in [2.75, 3.05) is 6.61 Å². The highest BCUT2D eigenvalue weighted by Crippen LogP contribution is 2.12. The molecule has 0 heterocycles. The summed E-state index contributed by atoms with van der Waals surface area (Å²) in [6.07, 6.45) is 0.191. The minimum Gasteiger partial charge on any atom is -0.508 e. The number of nitrogens with two attached hydrogens (primary N) is 1. The van der Waals surface area contributed by atoms with Gasteiger partial charge >= 0.3 is 5.97 Å². The lowest BCUT2D eigenvalue weighted by Gasteiger charge is -2.24. The summed E-state index contributed by atoms with van der Waals surface area (Å²) in [4.78, 5) is 48.7. The second-order valence-corrected chi connectivity index (χ2v) is 7.99. The Hall–Kier alpha value is -3.18. The van der Waals surface area contributed by atoms with Gasteiger partial charge in [0.05, 0.1) is 12.6 Å². The Labute approximate surface area is 186 Å². The molecule has 8 N–H and O–H groups in total.